The van der Waals surface area contributed by atoms with E-state index in [1.165, 1.54) is 19.3 Å². The molecule has 0 radical (unpaired) electrons. The topological polar surface area (TPSA) is 50.4 Å². The lowest BCUT2D eigenvalue weighted by atomic mass is 9.79. The second-order valence-corrected chi connectivity index (χ2v) is 5.19. The van der Waals surface area contributed by atoms with Gasteiger partial charge in [0.15, 0.2) is 0 Å². The molecule has 1 saturated carbocycles. The summed E-state index contributed by atoms with van der Waals surface area (Å²) in [7, 11) is 3.62. The quantitative estimate of drug-likeness (QED) is 0.741. The van der Waals surface area contributed by atoms with Gasteiger partial charge in [-0.25, -0.2) is 0 Å². The Bertz CT molecular complexity index is 238. The normalized spacial score (nSPS) is 20.9. The van der Waals surface area contributed by atoms with Gasteiger partial charge < -0.3 is 15.4 Å². The highest BCUT2D eigenvalue weighted by molar-refractivity contribution is 5.77. The minimum atomic E-state index is 0.0229. The van der Waals surface area contributed by atoms with E-state index in [4.69, 9.17) is 4.74 Å². The predicted molar refractivity (Wildman–Crippen MR) is 69.0 cm³/mol. The molecule has 1 fully saturated rings. The van der Waals surface area contributed by atoms with Gasteiger partial charge >= 0.3 is 0 Å². The van der Waals surface area contributed by atoms with Gasteiger partial charge in [0.1, 0.15) is 0 Å². The number of rotatable bonds is 6. The Morgan fingerprint density at radius 1 is 1.35 bits per heavy atom. The molecule has 0 aliphatic heterocycles. The highest BCUT2D eigenvalue weighted by Gasteiger charge is 2.32. The van der Waals surface area contributed by atoms with Crippen LogP contribution in [0.5, 0.6) is 0 Å². The maximum absolute atomic E-state index is 12.0. The van der Waals surface area contributed by atoms with Gasteiger partial charge in [-0.1, -0.05) is 19.3 Å². The molecule has 100 valence electrons. The van der Waals surface area contributed by atoms with E-state index in [2.05, 4.69) is 10.6 Å². The van der Waals surface area contributed by atoms with Crippen molar-refractivity contribution in [3.05, 3.63) is 0 Å². The first-order chi connectivity index (χ1) is 8.12. The Morgan fingerprint density at radius 2 is 2.00 bits per heavy atom. The van der Waals surface area contributed by atoms with E-state index in [-0.39, 0.29) is 17.5 Å². The van der Waals surface area contributed by atoms with Gasteiger partial charge in [0.05, 0.1) is 6.61 Å². The van der Waals surface area contributed by atoms with Crippen LogP contribution in [0, 0.1) is 0 Å². The number of hydrogen-bond acceptors (Lipinski definition) is 3. The van der Waals surface area contributed by atoms with E-state index in [1.54, 1.807) is 7.11 Å². The molecule has 0 saturated heterocycles. The Kier molecular flexibility index (Phi) is 5.92. The lowest BCUT2D eigenvalue weighted by Gasteiger charge is -2.37. The van der Waals surface area contributed by atoms with Crippen molar-refractivity contribution in [3.63, 3.8) is 0 Å². The van der Waals surface area contributed by atoms with Crippen LogP contribution in [0.1, 0.15) is 45.4 Å². The Morgan fingerprint density at radius 3 is 2.53 bits per heavy atom. The fourth-order valence-corrected chi connectivity index (χ4v) is 2.67. The van der Waals surface area contributed by atoms with Crippen molar-refractivity contribution in [2.45, 2.75) is 57.0 Å². The number of hydrogen-bond donors (Lipinski definition) is 2. The van der Waals surface area contributed by atoms with E-state index in [1.807, 2.05) is 14.0 Å². The van der Waals surface area contributed by atoms with E-state index >= 15 is 0 Å². The van der Waals surface area contributed by atoms with Crippen molar-refractivity contribution in [2.24, 2.45) is 0 Å². The summed E-state index contributed by atoms with van der Waals surface area (Å²) in [5.41, 5.74) is 0.0229. The van der Waals surface area contributed by atoms with Crippen LogP contribution in [0.15, 0.2) is 0 Å². The van der Waals surface area contributed by atoms with Gasteiger partial charge in [0, 0.05) is 25.1 Å². The van der Waals surface area contributed by atoms with Crippen LogP contribution < -0.4 is 10.6 Å². The number of nitrogens with one attached hydrogen (secondary N) is 2. The van der Waals surface area contributed by atoms with Crippen LogP contribution in [0.25, 0.3) is 0 Å². The zero-order valence-electron chi connectivity index (χ0n) is 11.3. The van der Waals surface area contributed by atoms with Gasteiger partial charge in [-0.05, 0) is 26.8 Å². The molecule has 1 amide bonds. The standard InChI is InChI=1S/C13H26N2O2/c1-11(10-17-3)15-12(16)9-13(14-2)7-5-4-6-8-13/h11,14H,4-10H2,1-3H3,(H,15,16). The fraction of sp³-hybridized carbons (Fsp3) is 0.923. The van der Waals surface area contributed by atoms with Crippen LogP contribution in [0.2, 0.25) is 0 Å². The second-order valence-electron chi connectivity index (χ2n) is 5.19. The second kappa shape index (κ2) is 6.97. The van der Waals surface area contributed by atoms with Crippen LogP contribution in [0.4, 0.5) is 0 Å². The summed E-state index contributed by atoms with van der Waals surface area (Å²) in [5, 5.41) is 6.34. The Balaban J connectivity index is 2.41. The molecule has 1 aliphatic carbocycles. The Labute approximate surface area is 104 Å². The van der Waals surface area contributed by atoms with Crippen molar-refractivity contribution < 1.29 is 9.53 Å². The number of amides is 1. The number of methoxy groups -OCH3 is 1. The maximum atomic E-state index is 12.0. The summed E-state index contributed by atoms with van der Waals surface area (Å²) in [5.74, 6) is 0.130. The first-order valence-corrected chi connectivity index (χ1v) is 6.59. The minimum Gasteiger partial charge on any atom is -0.383 e. The van der Waals surface area contributed by atoms with Crippen molar-refractivity contribution in [1.29, 1.82) is 0 Å². The molecular weight excluding hydrogens is 216 g/mol. The maximum Gasteiger partial charge on any atom is 0.222 e. The van der Waals surface area contributed by atoms with Gasteiger partial charge in [-0.15, -0.1) is 0 Å². The molecule has 1 rings (SSSR count). The van der Waals surface area contributed by atoms with E-state index < -0.39 is 0 Å². The van der Waals surface area contributed by atoms with E-state index in [0.717, 1.165) is 12.8 Å². The molecule has 17 heavy (non-hydrogen) atoms. The highest BCUT2D eigenvalue weighted by Crippen LogP contribution is 2.30. The molecule has 0 aromatic rings. The molecule has 4 heteroatoms. The smallest absolute Gasteiger partial charge is 0.222 e. The molecule has 2 N–H and O–H groups in total. The molecule has 0 heterocycles. The number of carbonyl (C=O) groups is 1. The zero-order valence-corrected chi connectivity index (χ0v) is 11.3. The van der Waals surface area contributed by atoms with Gasteiger partial charge in [-0.3, -0.25) is 4.79 Å². The van der Waals surface area contributed by atoms with Crippen LogP contribution in [-0.4, -0.2) is 38.3 Å². The third kappa shape index (κ3) is 4.64. The molecule has 0 aromatic heterocycles. The van der Waals surface area contributed by atoms with Crippen molar-refractivity contribution in [2.75, 3.05) is 20.8 Å². The third-order valence-corrected chi connectivity index (χ3v) is 3.66. The first kappa shape index (κ1) is 14.5. The average Bonchev–Trinajstić information content (AvgIpc) is 2.30. The molecule has 0 spiro atoms. The number of ether oxygens (including phenoxy) is 1. The fourth-order valence-electron chi connectivity index (χ4n) is 2.67. The average molecular weight is 242 g/mol. The zero-order chi connectivity index (χ0) is 12.7. The monoisotopic (exact) mass is 242 g/mol. The summed E-state index contributed by atoms with van der Waals surface area (Å²) in [4.78, 5) is 12.0. The van der Waals surface area contributed by atoms with E-state index in [0.29, 0.717) is 13.0 Å². The van der Waals surface area contributed by atoms with Gasteiger partial charge in [-0.2, -0.15) is 0 Å². The first-order valence-electron chi connectivity index (χ1n) is 6.59. The molecular formula is C13H26N2O2. The minimum absolute atomic E-state index is 0.0229. The summed E-state index contributed by atoms with van der Waals surface area (Å²) in [6.45, 7) is 2.53. The molecule has 1 unspecified atom stereocenters. The molecule has 4 nitrogen and oxygen atoms in total. The largest absolute Gasteiger partial charge is 0.383 e. The molecule has 0 bridgehead atoms. The van der Waals surface area contributed by atoms with Gasteiger partial charge in [0.2, 0.25) is 5.91 Å². The summed E-state index contributed by atoms with van der Waals surface area (Å²) in [6.07, 6.45) is 6.54. The summed E-state index contributed by atoms with van der Waals surface area (Å²) in [6, 6.07) is 0.0880. The summed E-state index contributed by atoms with van der Waals surface area (Å²) < 4.78 is 5.02. The van der Waals surface area contributed by atoms with E-state index in [9.17, 15) is 4.79 Å². The van der Waals surface area contributed by atoms with Crippen LogP contribution >= 0.6 is 0 Å². The van der Waals surface area contributed by atoms with Crippen LogP contribution in [-0.2, 0) is 9.53 Å². The SMILES string of the molecule is CNC1(CC(=O)NC(C)COC)CCCCC1. The third-order valence-electron chi connectivity index (χ3n) is 3.66. The summed E-state index contributed by atoms with van der Waals surface area (Å²) >= 11 is 0. The lowest BCUT2D eigenvalue weighted by molar-refractivity contribution is -0.123. The number of carbonyl (C=O) groups excluding carboxylic acids is 1. The lowest BCUT2D eigenvalue weighted by Crippen LogP contribution is -2.49. The predicted octanol–water partition coefficient (Wildman–Crippen LogP) is 1.45. The molecule has 1 atom stereocenters. The van der Waals surface area contributed by atoms with Crippen molar-refractivity contribution in [1.82, 2.24) is 10.6 Å². The van der Waals surface area contributed by atoms with Crippen molar-refractivity contribution >= 4 is 5.91 Å². The van der Waals surface area contributed by atoms with Gasteiger partial charge in [0.25, 0.3) is 0 Å². The highest BCUT2D eigenvalue weighted by atomic mass is 16.5. The molecule has 1 aliphatic rings. The Hall–Kier alpha value is -0.610. The van der Waals surface area contributed by atoms with Crippen LogP contribution in [0.3, 0.4) is 0 Å². The van der Waals surface area contributed by atoms with Crippen molar-refractivity contribution in [3.8, 4) is 0 Å². The molecule has 0 aromatic carbocycles.